The van der Waals surface area contributed by atoms with E-state index < -0.39 is 11.8 Å². The monoisotopic (exact) mass is 131 g/mol. The van der Waals surface area contributed by atoms with Gasteiger partial charge in [0, 0.05) is 0 Å². The minimum atomic E-state index is -1.06. The first kappa shape index (κ1) is 7.00. The number of alkyl halides is 1. The molecule has 2 unspecified atom stereocenters. The molecule has 1 aliphatic rings. The Bertz CT molecular complexity index is 101. The van der Waals surface area contributed by atoms with Crippen molar-refractivity contribution in [3.05, 3.63) is 6.42 Å². The summed E-state index contributed by atoms with van der Waals surface area (Å²) in [5.74, 6) is 0. The van der Waals surface area contributed by atoms with Gasteiger partial charge in [-0.1, -0.05) is 0 Å². The fourth-order valence-electron chi connectivity index (χ4n) is 1.07. The van der Waals surface area contributed by atoms with Gasteiger partial charge in [0.15, 0.2) is 0 Å². The smallest absolute Gasteiger partial charge is 0.129 e. The molecule has 1 rings (SSSR count). The fraction of sp³-hybridized carbons (Fsp3) is 0.857. The maximum absolute atomic E-state index is 12.7. The Morgan fingerprint density at radius 3 is 2.78 bits per heavy atom. The Labute approximate surface area is 54.9 Å². The molecule has 0 bridgehead atoms. The molecule has 1 radical (unpaired) electrons. The minimum Gasteiger partial charge on any atom is -0.387 e. The molecule has 0 spiro atoms. The van der Waals surface area contributed by atoms with Gasteiger partial charge in [-0.3, -0.25) is 0 Å². The zero-order valence-electron chi connectivity index (χ0n) is 5.60. The van der Waals surface area contributed by atoms with Gasteiger partial charge in [-0.25, -0.2) is 4.39 Å². The molecule has 0 aromatic carbocycles. The van der Waals surface area contributed by atoms with Crippen molar-refractivity contribution in [3.63, 3.8) is 0 Å². The number of hydrogen-bond acceptors (Lipinski definition) is 1. The third-order valence-corrected chi connectivity index (χ3v) is 1.90. The van der Waals surface area contributed by atoms with E-state index in [2.05, 4.69) is 0 Å². The molecular weight excluding hydrogens is 119 g/mol. The molecule has 1 saturated carbocycles. The second-order valence-corrected chi connectivity index (χ2v) is 2.89. The third-order valence-electron chi connectivity index (χ3n) is 1.90. The molecule has 0 aromatic heterocycles. The van der Waals surface area contributed by atoms with Crippen molar-refractivity contribution in [2.45, 2.75) is 38.0 Å². The number of hydrogen-bond donors (Lipinski definition) is 1. The van der Waals surface area contributed by atoms with Crippen molar-refractivity contribution in [3.8, 4) is 0 Å². The lowest BCUT2D eigenvalue weighted by atomic mass is 9.85. The Kier molecular flexibility index (Phi) is 1.75. The van der Waals surface area contributed by atoms with Crippen molar-refractivity contribution >= 4 is 0 Å². The third kappa shape index (κ3) is 1.42. The van der Waals surface area contributed by atoms with E-state index in [0.29, 0.717) is 12.8 Å². The van der Waals surface area contributed by atoms with E-state index >= 15 is 0 Å². The summed E-state index contributed by atoms with van der Waals surface area (Å²) in [6.07, 6.45) is 2.66. The molecule has 2 atom stereocenters. The van der Waals surface area contributed by atoms with Crippen LogP contribution in [0.25, 0.3) is 0 Å². The van der Waals surface area contributed by atoms with Gasteiger partial charge in [0.1, 0.15) is 6.17 Å². The molecule has 0 aromatic rings. The van der Waals surface area contributed by atoms with E-state index in [9.17, 15) is 9.50 Å². The summed E-state index contributed by atoms with van der Waals surface area (Å²) in [7, 11) is 0. The minimum absolute atomic E-state index is 0.410. The highest BCUT2D eigenvalue weighted by atomic mass is 19.1. The Balaban J connectivity index is 2.49. The van der Waals surface area contributed by atoms with E-state index in [1.54, 1.807) is 6.92 Å². The number of aliphatic hydroxyl groups is 1. The maximum atomic E-state index is 12.7. The van der Waals surface area contributed by atoms with Crippen LogP contribution in [0.1, 0.15) is 26.2 Å². The van der Waals surface area contributed by atoms with Crippen LogP contribution in [0.15, 0.2) is 0 Å². The molecular formula is C7H12FO. The van der Waals surface area contributed by atoms with Crippen LogP contribution in [0.4, 0.5) is 4.39 Å². The summed E-state index contributed by atoms with van der Waals surface area (Å²) in [4.78, 5) is 0. The molecule has 1 aliphatic carbocycles. The highest BCUT2D eigenvalue weighted by molar-refractivity contribution is 4.92. The molecule has 2 heteroatoms. The van der Waals surface area contributed by atoms with Crippen molar-refractivity contribution in [1.29, 1.82) is 0 Å². The summed E-state index contributed by atoms with van der Waals surface area (Å²) < 4.78 is 12.7. The van der Waals surface area contributed by atoms with Gasteiger partial charge in [-0.15, -0.1) is 0 Å². The highest BCUT2D eigenvalue weighted by Gasteiger charge is 2.34. The van der Waals surface area contributed by atoms with Crippen molar-refractivity contribution in [1.82, 2.24) is 0 Å². The summed E-state index contributed by atoms with van der Waals surface area (Å²) in [5, 5.41) is 9.25. The normalized spacial score (nSPS) is 45.0. The van der Waals surface area contributed by atoms with Crippen LogP contribution >= 0.6 is 0 Å². The number of rotatable bonds is 0. The van der Waals surface area contributed by atoms with Crippen LogP contribution in [0, 0.1) is 6.42 Å². The molecule has 0 aliphatic heterocycles. The summed E-state index contributed by atoms with van der Waals surface area (Å²) in [5.41, 5.74) is -1.06. The van der Waals surface area contributed by atoms with E-state index in [0.717, 1.165) is 6.42 Å². The molecule has 1 fully saturated rings. The number of halogens is 1. The topological polar surface area (TPSA) is 20.2 Å². The molecule has 0 heterocycles. The average molecular weight is 131 g/mol. The first-order chi connectivity index (χ1) is 4.13. The lowest BCUT2D eigenvalue weighted by Crippen LogP contribution is -2.39. The predicted octanol–water partition coefficient (Wildman–Crippen LogP) is 1.46. The Morgan fingerprint density at radius 2 is 2.44 bits per heavy atom. The first-order valence-corrected chi connectivity index (χ1v) is 3.31. The van der Waals surface area contributed by atoms with Gasteiger partial charge in [0.2, 0.25) is 0 Å². The van der Waals surface area contributed by atoms with E-state index in [4.69, 9.17) is 0 Å². The SMILES string of the molecule is CC1(O)CC[CH]CC1F. The van der Waals surface area contributed by atoms with Gasteiger partial charge < -0.3 is 5.11 Å². The van der Waals surface area contributed by atoms with Crippen LogP contribution < -0.4 is 0 Å². The van der Waals surface area contributed by atoms with Crippen LogP contribution in [0.3, 0.4) is 0 Å². The van der Waals surface area contributed by atoms with Crippen LogP contribution in [-0.2, 0) is 0 Å². The quantitative estimate of drug-likeness (QED) is 0.527. The van der Waals surface area contributed by atoms with Crippen LogP contribution in [0.2, 0.25) is 0 Å². The molecule has 1 nitrogen and oxygen atoms in total. The zero-order valence-corrected chi connectivity index (χ0v) is 5.60. The van der Waals surface area contributed by atoms with Gasteiger partial charge in [-0.05, 0) is 32.6 Å². The average Bonchev–Trinajstić information content (AvgIpc) is 1.77. The Hall–Kier alpha value is -0.110. The summed E-state index contributed by atoms with van der Waals surface area (Å²) >= 11 is 0. The van der Waals surface area contributed by atoms with Gasteiger partial charge in [0.05, 0.1) is 5.60 Å². The van der Waals surface area contributed by atoms with E-state index in [1.165, 1.54) is 0 Å². The second kappa shape index (κ2) is 2.25. The first-order valence-electron chi connectivity index (χ1n) is 3.31. The zero-order chi connectivity index (χ0) is 6.91. The van der Waals surface area contributed by atoms with Crippen molar-refractivity contribution in [2.24, 2.45) is 0 Å². The van der Waals surface area contributed by atoms with Gasteiger partial charge in [-0.2, -0.15) is 0 Å². The largest absolute Gasteiger partial charge is 0.387 e. The van der Waals surface area contributed by atoms with Crippen LogP contribution in [0.5, 0.6) is 0 Å². The van der Waals surface area contributed by atoms with Crippen LogP contribution in [-0.4, -0.2) is 16.9 Å². The fourth-order valence-corrected chi connectivity index (χ4v) is 1.07. The van der Waals surface area contributed by atoms with Gasteiger partial charge >= 0.3 is 0 Å². The molecule has 9 heavy (non-hydrogen) atoms. The summed E-state index contributed by atoms with van der Waals surface area (Å²) in [6, 6.07) is 0. The molecule has 0 saturated heterocycles. The molecule has 53 valence electrons. The maximum Gasteiger partial charge on any atom is 0.129 e. The molecule has 1 N–H and O–H groups in total. The van der Waals surface area contributed by atoms with Crippen molar-refractivity contribution < 1.29 is 9.50 Å². The molecule has 0 amide bonds. The van der Waals surface area contributed by atoms with Gasteiger partial charge in [0.25, 0.3) is 0 Å². The van der Waals surface area contributed by atoms with E-state index in [1.807, 2.05) is 6.42 Å². The van der Waals surface area contributed by atoms with Crippen molar-refractivity contribution in [2.75, 3.05) is 0 Å². The standard InChI is InChI=1S/C7H12FO/c1-7(9)5-3-2-4-6(7)8/h2,6,9H,3-5H2,1H3. The second-order valence-electron chi connectivity index (χ2n) is 2.89. The summed E-state index contributed by atoms with van der Waals surface area (Å²) in [6.45, 7) is 1.56. The lowest BCUT2D eigenvalue weighted by Gasteiger charge is -2.31. The Morgan fingerprint density at radius 1 is 1.78 bits per heavy atom. The van der Waals surface area contributed by atoms with E-state index in [-0.39, 0.29) is 0 Å². The predicted molar refractivity (Wildman–Crippen MR) is 33.7 cm³/mol. The highest BCUT2D eigenvalue weighted by Crippen LogP contribution is 2.29. The lowest BCUT2D eigenvalue weighted by molar-refractivity contribution is -0.0373.